The Morgan fingerprint density at radius 2 is 2.00 bits per heavy atom. The van der Waals surface area contributed by atoms with Gasteiger partial charge in [0.1, 0.15) is 4.83 Å². The Morgan fingerprint density at radius 1 is 1.27 bits per heavy atom. The van der Waals surface area contributed by atoms with Crippen LogP contribution in [0.15, 0.2) is 41.5 Å². The molecule has 0 aliphatic rings. The largest absolute Gasteiger partial charge is 0.351 e. The Labute approximate surface area is 156 Å². The highest BCUT2D eigenvalue weighted by atomic mass is 32.1. The van der Waals surface area contributed by atoms with Gasteiger partial charge in [-0.05, 0) is 30.4 Å². The predicted octanol–water partition coefficient (Wildman–Crippen LogP) is 3.59. The van der Waals surface area contributed by atoms with Crippen molar-refractivity contribution in [2.75, 3.05) is 6.54 Å². The Balaban J connectivity index is 1.90. The number of aromatic nitrogens is 2. The second-order valence-electron chi connectivity index (χ2n) is 6.84. The van der Waals surface area contributed by atoms with Gasteiger partial charge in [0, 0.05) is 6.54 Å². The van der Waals surface area contributed by atoms with Crippen molar-refractivity contribution in [3.8, 4) is 0 Å². The molecule has 6 heteroatoms. The molecule has 1 N–H and O–H groups in total. The van der Waals surface area contributed by atoms with Crippen LogP contribution in [0, 0.1) is 12.8 Å². The van der Waals surface area contributed by atoms with Crippen molar-refractivity contribution in [2.45, 2.75) is 33.7 Å². The standard InChI is InChI=1S/C20H23N3O2S/c1-13(2)9-10-21-18(24)17-14(3)16-19(26-17)22-12-23(20(16)25)11-15-7-5-4-6-8-15/h4-8,12-13H,9-11H2,1-3H3,(H,21,24). The van der Waals surface area contributed by atoms with E-state index in [4.69, 9.17) is 0 Å². The summed E-state index contributed by atoms with van der Waals surface area (Å²) in [5.41, 5.74) is 1.65. The van der Waals surface area contributed by atoms with Crippen molar-refractivity contribution in [2.24, 2.45) is 5.92 Å². The highest BCUT2D eigenvalue weighted by molar-refractivity contribution is 7.20. The average Bonchev–Trinajstić information content (AvgIpc) is 2.95. The molecular weight excluding hydrogens is 346 g/mol. The minimum atomic E-state index is -0.125. The molecule has 136 valence electrons. The predicted molar refractivity (Wildman–Crippen MR) is 106 cm³/mol. The van der Waals surface area contributed by atoms with Gasteiger partial charge in [-0.25, -0.2) is 4.98 Å². The fraction of sp³-hybridized carbons (Fsp3) is 0.350. The van der Waals surface area contributed by atoms with E-state index in [1.807, 2.05) is 37.3 Å². The molecule has 2 aromatic heterocycles. The van der Waals surface area contributed by atoms with Gasteiger partial charge in [-0.3, -0.25) is 14.2 Å². The molecule has 1 aromatic carbocycles. The van der Waals surface area contributed by atoms with Gasteiger partial charge < -0.3 is 5.32 Å². The fourth-order valence-corrected chi connectivity index (χ4v) is 3.88. The summed E-state index contributed by atoms with van der Waals surface area (Å²) >= 11 is 1.28. The van der Waals surface area contributed by atoms with E-state index in [2.05, 4.69) is 24.1 Å². The van der Waals surface area contributed by atoms with Gasteiger partial charge in [0.2, 0.25) is 0 Å². The molecule has 0 aliphatic heterocycles. The van der Waals surface area contributed by atoms with E-state index in [0.717, 1.165) is 12.0 Å². The van der Waals surface area contributed by atoms with Gasteiger partial charge in [-0.1, -0.05) is 44.2 Å². The fourth-order valence-electron chi connectivity index (χ4n) is 2.82. The first-order valence-corrected chi connectivity index (χ1v) is 9.59. The Morgan fingerprint density at radius 3 is 2.69 bits per heavy atom. The lowest BCUT2D eigenvalue weighted by molar-refractivity contribution is 0.0955. The van der Waals surface area contributed by atoms with Crippen LogP contribution in [0.5, 0.6) is 0 Å². The number of fused-ring (bicyclic) bond motifs is 1. The number of nitrogens with one attached hydrogen (secondary N) is 1. The summed E-state index contributed by atoms with van der Waals surface area (Å²) in [7, 11) is 0. The molecule has 0 fully saturated rings. The summed E-state index contributed by atoms with van der Waals surface area (Å²) in [6.07, 6.45) is 2.49. The number of carbonyl (C=O) groups is 1. The highest BCUT2D eigenvalue weighted by Gasteiger charge is 2.19. The third-order valence-corrected chi connectivity index (χ3v) is 5.53. The van der Waals surface area contributed by atoms with E-state index in [1.165, 1.54) is 11.3 Å². The molecule has 26 heavy (non-hydrogen) atoms. The Hall–Kier alpha value is -2.47. The summed E-state index contributed by atoms with van der Waals surface area (Å²) in [6.45, 7) is 7.17. The molecule has 3 aromatic rings. The first-order chi connectivity index (χ1) is 12.5. The minimum absolute atomic E-state index is 0.103. The summed E-state index contributed by atoms with van der Waals surface area (Å²) in [5, 5.41) is 3.48. The number of nitrogens with zero attached hydrogens (tertiary/aromatic N) is 2. The van der Waals surface area contributed by atoms with E-state index >= 15 is 0 Å². The maximum Gasteiger partial charge on any atom is 0.262 e. The van der Waals surface area contributed by atoms with Crippen LogP contribution >= 0.6 is 11.3 Å². The van der Waals surface area contributed by atoms with Crippen LogP contribution in [0.1, 0.15) is 41.1 Å². The van der Waals surface area contributed by atoms with Crippen LogP contribution in [-0.4, -0.2) is 22.0 Å². The molecule has 0 saturated heterocycles. The maximum atomic E-state index is 12.9. The van der Waals surface area contributed by atoms with E-state index in [9.17, 15) is 9.59 Å². The van der Waals surface area contributed by atoms with Crippen molar-refractivity contribution in [3.63, 3.8) is 0 Å². The number of benzene rings is 1. The number of hydrogen-bond acceptors (Lipinski definition) is 4. The van der Waals surface area contributed by atoms with Crippen LogP contribution in [0.2, 0.25) is 0 Å². The van der Waals surface area contributed by atoms with E-state index in [-0.39, 0.29) is 11.5 Å². The molecule has 0 spiro atoms. The summed E-state index contributed by atoms with van der Waals surface area (Å²) < 4.78 is 1.60. The van der Waals surface area contributed by atoms with Crippen molar-refractivity contribution in [3.05, 3.63) is 63.0 Å². The molecule has 3 rings (SSSR count). The van der Waals surface area contributed by atoms with Gasteiger partial charge in [0.25, 0.3) is 11.5 Å². The molecule has 0 unspecified atom stereocenters. The lowest BCUT2D eigenvalue weighted by Crippen LogP contribution is -2.25. The zero-order valence-corrected chi connectivity index (χ0v) is 16.1. The smallest absolute Gasteiger partial charge is 0.262 e. The van der Waals surface area contributed by atoms with E-state index in [1.54, 1.807) is 10.9 Å². The number of hydrogen-bond donors (Lipinski definition) is 1. The highest BCUT2D eigenvalue weighted by Crippen LogP contribution is 2.26. The molecule has 5 nitrogen and oxygen atoms in total. The number of amides is 1. The van der Waals surface area contributed by atoms with E-state index < -0.39 is 0 Å². The van der Waals surface area contributed by atoms with Crippen LogP contribution in [-0.2, 0) is 6.54 Å². The van der Waals surface area contributed by atoms with Gasteiger partial charge >= 0.3 is 0 Å². The second-order valence-corrected chi connectivity index (χ2v) is 7.84. The van der Waals surface area contributed by atoms with Gasteiger partial charge in [0.05, 0.1) is 23.1 Å². The summed E-state index contributed by atoms with van der Waals surface area (Å²) in [4.78, 5) is 31.0. The average molecular weight is 369 g/mol. The van der Waals surface area contributed by atoms with Crippen molar-refractivity contribution >= 4 is 27.5 Å². The Bertz CT molecular complexity index is 974. The van der Waals surface area contributed by atoms with Gasteiger partial charge in [-0.2, -0.15) is 0 Å². The third-order valence-electron chi connectivity index (χ3n) is 4.33. The number of aryl methyl sites for hydroxylation is 1. The third kappa shape index (κ3) is 3.85. The molecule has 0 bridgehead atoms. The maximum absolute atomic E-state index is 12.9. The molecule has 0 saturated carbocycles. The first kappa shape index (κ1) is 18.3. The van der Waals surface area contributed by atoms with Crippen molar-refractivity contribution in [1.29, 1.82) is 0 Å². The monoisotopic (exact) mass is 369 g/mol. The molecular formula is C20H23N3O2S. The molecule has 0 atom stereocenters. The quantitative estimate of drug-likeness (QED) is 0.722. The zero-order chi connectivity index (χ0) is 18.7. The second kappa shape index (κ2) is 7.83. The lowest BCUT2D eigenvalue weighted by atomic mass is 10.1. The van der Waals surface area contributed by atoms with E-state index in [0.29, 0.717) is 39.7 Å². The number of thiophene rings is 1. The molecule has 1 amide bonds. The number of carbonyl (C=O) groups excluding carboxylic acids is 1. The van der Waals surface area contributed by atoms with Crippen LogP contribution in [0.4, 0.5) is 0 Å². The first-order valence-electron chi connectivity index (χ1n) is 8.78. The van der Waals surface area contributed by atoms with Crippen LogP contribution in [0.25, 0.3) is 10.2 Å². The SMILES string of the molecule is Cc1c(C(=O)NCCC(C)C)sc2ncn(Cc3ccccc3)c(=O)c12. The molecule has 0 radical (unpaired) electrons. The normalized spacial score (nSPS) is 11.2. The molecule has 0 aliphatic carbocycles. The zero-order valence-electron chi connectivity index (χ0n) is 15.3. The summed E-state index contributed by atoms with van der Waals surface area (Å²) in [6, 6.07) is 9.79. The summed E-state index contributed by atoms with van der Waals surface area (Å²) in [5.74, 6) is 0.408. The van der Waals surface area contributed by atoms with Gasteiger partial charge in [-0.15, -0.1) is 11.3 Å². The Kier molecular flexibility index (Phi) is 5.52. The van der Waals surface area contributed by atoms with Crippen molar-refractivity contribution in [1.82, 2.24) is 14.9 Å². The van der Waals surface area contributed by atoms with Gasteiger partial charge in [0.15, 0.2) is 0 Å². The van der Waals surface area contributed by atoms with Crippen LogP contribution in [0.3, 0.4) is 0 Å². The molecule has 2 heterocycles. The van der Waals surface area contributed by atoms with Crippen molar-refractivity contribution < 1.29 is 4.79 Å². The minimum Gasteiger partial charge on any atom is -0.351 e. The lowest BCUT2D eigenvalue weighted by Gasteiger charge is -2.06. The topological polar surface area (TPSA) is 64.0 Å². The van der Waals surface area contributed by atoms with Crippen LogP contribution < -0.4 is 10.9 Å². The number of rotatable bonds is 6.